The molecule has 1 N–H and O–H groups in total. The number of aromatic nitrogens is 1. The molecule has 0 saturated carbocycles. The van der Waals surface area contributed by atoms with Crippen LogP contribution in [-0.2, 0) is 38.3 Å². The molecule has 1 unspecified atom stereocenters. The molecular weight excluding hydrogens is 311 g/mol. The van der Waals surface area contributed by atoms with Crippen molar-refractivity contribution in [1.29, 1.82) is 0 Å². The topological polar surface area (TPSA) is 33.1 Å². The van der Waals surface area contributed by atoms with E-state index in [2.05, 4.69) is 11.1 Å². The molecule has 0 aliphatic rings. The number of rotatable bonds is 4. The molecule has 1 heterocycles. The minimum Gasteiger partial charge on any atom is -0.381 e. The molecule has 95 valence electrons. The monoisotopic (exact) mass is 326 g/mol. The fourth-order valence-corrected chi connectivity index (χ4v) is 1.98. The van der Waals surface area contributed by atoms with Crippen molar-refractivity contribution in [1.82, 2.24) is 4.98 Å². The molecule has 0 aliphatic heterocycles. The van der Waals surface area contributed by atoms with Gasteiger partial charge in [0.05, 0.1) is 5.69 Å². The maximum atomic E-state index is 10.9. The molecule has 2 rings (SSSR count). The van der Waals surface area contributed by atoms with E-state index in [0.29, 0.717) is 12.1 Å². The van der Waals surface area contributed by atoms with Crippen molar-refractivity contribution in [3.8, 4) is 0 Å². The molecule has 0 amide bonds. The van der Waals surface area contributed by atoms with Gasteiger partial charge in [-0.05, 0) is 18.6 Å². The molecule has 2 aromatic rings. The summed E-state index contributed by atoms with van der Waals surface area (Å²) in [7, 11) is 0. The van der Waals surface area contributed by atoms with E-state index in [1.807, 2.05) is 37.3 Å². The fraction of sp³-hybridized carbons (Fsp3) is 0.188. The average Bonchev–Trinajstić information content (AvgIpc) is 2.47. The van der Waals surface area contributed by atoms with Gasteiger partial charge in [0.1, 0.15) is 5.60 Å². The van der Waals surface area contributed by atoms with Gasteiger partial charge in [-0.3, -0.25) is 4.98 Å². The van der Waals surface area contributed by atoms with Crippen molar-refractivity contribution in [2.24, 2.45) is 0 Å². The first-order chi connectivity index (χ1) is 8.70. The number of benzene rings is 1. The summed E-state index contributed by atoms with van der Waals surface area (Å²) in [4.78, 5) is 4.25. The predicted molar refractivity (Wildman–Crippen MR) is 71.6 cm³/mol. The minimum atomic E-state index is -1.09. The van der Waals surface area contributed by atoms with Crippen LogP contribution in [-0.4, -0.2) is 10.1 Å². The fourth-order valence-electron chi connectivity index (χ4n) is 1.98. The Kier molecular flexibility index (Phi) is 6.06. The Bertz CT molecular complexity index is 541. The van der Waals surface area contributed by atoms with Gasteiger partial charge in [0.15, 0.2) is 0 Å². The molecule has 1 atom stereocenters. The Morgan fingerprint density at radius 2 is 2.21 bits per heavy atom. The van der Waals surface area contributed by atoms with Crippen LogP contribution < -0.4 is 0 Å². The van der Waals surface area contributed by atoms with Gasteiger partial charge in [-0.1, -0.05) is 13.0 Å². The van der Waals surface area contributed by atoms with E-state index in [4.69, 9.17) is 6.58 Å². The van der Waals surface area contributed by atoms with Gasteiger partial charge < -0.3 is 23.3 Å². The largest absolute Gasteiger partial charge is 0.381 e. The van der Waals surface area contributed by atoms with Crippen molar-refractivity contribution in [2.75, 3.05) is 0 Å². The Morgan fingerprint density at radius 3 is 2.79 bits per heavy atom. The molecule has 0 bridgehead atoms. The van der Waals surface area contributed by atoms with Crippen molar-refractivity contribution in [3.63, 3.8) is 0 Å². The van der Waals surface area contributed by atoms with Crippen LogP contribution in [0.3, 0.4) is 0 Å². The van der Waals surface area contributed by atoms with Gasteiger partial charge in [-0.2, -0.15) is 6.07 Å². The molecule has 2 nitrogen and oxygen atoms in total. The second-order valence-electron chi connectivity index (χ2n) is 4.13. The van der Waals surface area contributed by atoms with Crippen LogP contribution in [0, 0.1) is 12.6 Å². The molecule has 0 fully saturated rings. The van der Waals surface area contributed by atoms with Gasteiger partial charge in [-0.15, -0.1) is 11.6 Å². The summed E-state index contributed by atoms with van der Waals surface area (Å²) in [6.45, 7) is 7.42. The second kappa shape index (κ2) is 7.09. The van der Waals surface area contributed by atoms with Crippen LogP contribution in [0.15, 0.2) is 42.6 Å². The molecule has 0 spiro atoms. The maximum Gasteiger partial charge on any atom is 0.113 e. The normalized spacial score (nSPS) is 13.2. The van der Waals surface area contributed by atoms with Crippen molar-refractivity contribution >= 4 is 6.08 Å². The summed E-state index contributed by atoms with van der Waals surface area (Å²) in [5.74, 6) is 0. The van der Waals surface area contributed by atoms with E-state index in [1.54, 1.807) is 12.3 Å². The predicted octanol–water partition coefficient (Wildman–Crippen LogP) is 2.97. The SMILES string of the molecule is [CH-]=Cc1[c-]ccc(C(O)(CC)c2ccccn2)c1.[Y]. The second-order valence-corrected chi connectivity index (χ2v) is 4.13. The van der Waals surface area contributed by atoms with Gasteiger partial charge in [0.25, 0.3) is 0 Å². The summed E-state index contributed by atoms with van der Waals surface area (Å²) >= 11 is 0. The van der Waals surface area contributed by atoms with Crippen LogP contribution >= 0.6 is 0 Å². The van der Waals surface area contributed by atoms with Crippen LogP contribution in [0.4, 0.5) is 0 Å². The molecule has 1 aromatic heterocycles. The van der Waals surface area contributed by atoms with Crippen LogP contribution in [0.5, 0.6) is 0 Å². The van der Waals surface area contributed by atoms with Gasteiger partial charge in [0.2, 0.25) is 0 Å². The van der Waals surface area contributed by atoms with E-state index >= 15 is 0 Å². The van der Waals surface area contributed by atoms with Gasteiger partial charge in [0, 0.05) is 38.9 Å². The van der Waals surface area contributed by atoms with Crippen molar-refractivity contribution < 1.29 is 37.8 Å². The first-order valence-corrected chi connectivity index (χ1v) is 5.91. The molecule has 1 radical (unpaired) electrons. The Hall–Kier alpha value is -0.826. The van der Waals surface area contributed by atoms with E-state index in [1.165, 1.54) is 6.08 Å². The summed E-state index contributed by atoms with van der Waals surface area (Å²) in [5.41, 5.74) is 1.09. The quantitative estimate of drug-likeness (QED) is 0.877. The summed E-state index contributed by atoms with van der Waals surface area (Å²) in [6, 6.07) is 14.0. The third kappa shape index (κ3) is 3.39. The molecule has 0 aliphatic carbocycles. The van der Waals surface area contributed by atoms with Crippen LogP contribution in [0.2, 0.25) is 0 Å². The summed E-state index contributed by atoms with van der Waals surface area (Å²) in [6.07, 6.45) is 3.69. The minimum absolute atomic E-state index is 0. The van der Waals surface area contributed by atoms with Crippen molar-refractivity contribution in [3.05, 3.63) is 72.1 Å². The van der Waals surface area contributed by atoms with Gasteiger partial charge >= 0.3 is 0 Å². The number of nitrogens with zero attached hydrogens (tertiary/aromatic N) is 1. The number of hydrogen-bond acceptors (Lipinski definition) is 2. The van der Waals surface area contributed by atoms with Gasteiger partial charge in [-0.25, -0.2) is 12.1 Å². The molecule has 19 heavy (non-hydrogen) atoms. The van der Waals surface area contributed by atoms with E-state index in [-0.39, 0.29) is 32.7 Å². The zero-order chi connectivity index (χ0) is 13.0. The standard InChI is InChI=1S/C16H15NO.Y/c1-3-13-8-7-9-14(12-13)16(18,4-2)15-10-5-6-11-17-15;/h1,3,5-7,9-12,18H,4H2,2H3;/q-2;. The third-order valence-corrected chi connectivity index (χ3v) is 3.08. The third-order valence-electron chi connectivity index (χ3n) is 3.08. The Labute approximate surface area is 139 Å². The van der Waals surface area contributed by atoms with E-state index in [0.717, 1.165) is 11.1 Å². The van der Waals surface area contributed by atoms with Crippen LogP contribution in [0.1, 0.15) is 30.2 Å². The number of hydrogen-bond donors (Lipinski definition) is 1. The first-order valence-electron chi connectivity index (χ1n) is 5.91. The first kappa shape index (κ1) is 16.2. The van der Waals surface area contributed by atoms with E-state index < -0.39 is 5.60 Å². The van der Waals surface area contributed by atoms with E-state index in [9.17, 15) is 5.11 Å². The summed E-state index contributed by atoms with van der Waals surface area (Å²) in [5, 5.41) is 10.9. The number of pyridine rings is 1. The van der Waals surface area contributed by atoms with Crippen molar-refractivity contribution in [2.45, 2.75) is 18.9 Å². The average molecular weight is 326 g/mol. The molecule has 1 aromatic carbocycles. The maximum absolute atomic E-state index is 10.9. The molecular formula is C16H15NOY-2. The Balaban J connectivity index is 0.00000180. The zero-order valence-corrected chi connectivity index (χ0v) is 13.7. The zero-order valence-electron chi connectivity index (χ0n) is 10.9. The molecule has 3 heteroatoms. The number of aliphatic hydroxyl groups is 1. The Morgan fingerprint density at radius 1 is 1.42 bits per heavy atom. The summed E-state index contributed by atoms with van der Waals surface area (Å²) < 4.78 is 0. The molecule has 0 saturated heterocycles. The smallest absolute Gasteiger partial charge is 0.113 e. The van der Waals surface area contributed by atoms with Crippen LogP contribution in [0.25, 0.3) is 6.08 Å².